The second-order valence-electron chi connectivity index (χ2n) is 6.54. The topological polar surface area (TPSA) is 67.8 Å². The number of benzene rings is 2. The quantitative estimate of drug-likeness (QED) is 0.712. The molecule has 1 aliphatic rings. The maximum absolute atomic E-state index is 12.6. The van der Waals surface area contributed by atoms with E-state index in [1.165, 1.54) is 5.56 Å². The molecule has 0 spiro atoms. The van der Waals surface area contributed by atoms with Crippen molar-refractivity contribution in [3.05, 3.63) is 65.7 Å². The van der Waals surface area contributed by atoms with Gasteiger partial charge in [-0.3, -0.25) is 4.79 Å². The van der Waals surface area contributed by atoms with Gasteiger partial charge in [-0.2, -0.15) is 0 Å². The van der Waals surface area contributed by atoms with Crippen molar-refractivity contribution in [2.75, 3.05) is 19.8 Å². The second-order valence-corrected chi connectivity index (χ2v) is 6.54. The highest BCUT2D eigenvalue weighted by atomic mass is 16.6. The Morgan fingerprint density at radius 2 is 1.92 bits per heavy atom. The Morgan fingerprint density at radius 1 is 1.15 bits per heavy atom. The van der Waals surface area contributed by atoms with Crippen LogP contribution in [0.4, 0.5) is 0 Å². The van der Waals surface area contributed by atoms with Gasteiger partial charge in [-0.1, -0.05) is 42.5 Å². The zero-order valence-corrected chi connectivity index (χ0v) is 14.8. The third-order valence-corrected chi connectivity index (χ3v) is 4.48. The van der Waals surface area contributed by atoms with Gasteiger partial charge in [-0.05, 0) is 42.6 Å². The summed E-state index contributed by atoms with van der Waals surface area (Å²) in [5, 5.41) is 12.8. The van der Waals surface area contributed by atoms with Crippen molar-refractivity contribution < 1.29 is 19.4 Å². The summed E-state index contributed by atoms with van der Waals surface area (Å²) >= 11 is 0. The summed E-state index contributed by atoms with van der Waals surface area (Å²) in [5.74, 6) is -0.0327. The Hall–Kier alpha value is -2.37. The molecule has 2 aromatic rings. The molecule has 3 rings (SSSR count). The van der Waals surface area contributed by atoms with Crippen LogP contribution in [0.3, 0.4) is 0 Å². The Balaban J connectivity index is 1.59. The Morgan fingerprint density at radius 3 is 2.62 bits per heavy atom. The maximum atomic E-state index is 12.6. The van der Waals surface area contributed by atoms with Gasteiger partial charge in [0.15, 0.2) is 0 Å². The van der Waals surface area contributed by atoms with E-state index in [0.29, 0.717) is 26.2 Å². The van der Waals surface area contributed by atoms with Gasteiger partial charge in [0.1, 0.15) is 17.9 Å². The number of ether oxygens (including phenoxy) is 2. The summed E-state index contributed by atoms with van der Waals surface area (Å²) in [6.45, 7) is 1.80. The minimum absolute atomic E-state index is 0.152. The zero-order valence-electron chi connectivity index (χ0n) is 14.8. The standard InChI is InChI=1S/C21H25NO4/c23-18-8-6-17(7-9-18)14-20(21(24)26-19-11-13-25-15-19)22-12-10-16-4-2-1-3-5-16/h1-9,19-20,22-23H,10-15H2/t19-,20-/m0/s1. The lowest BCUT2D eigenvalue weighted by Crippen LogP contribution is -2.42. The van der Waals surface area contributed by atoms with E-state index in [-0.39, 0.29) is 17.8 Å². The molecule has 138 valence electrons. The van der Waals surface area contributed by atoms with Gasteiger partial charge in [0.25, 0.3) is 0 Å². The third kappa shape index (κ3) is 5.58. The first-order chi connectivity index (χ1) is 12.7. The molecule has 5 nitrogen and oxygen atoms in total. The number of carbonyl (C=O) groups excluding carboxylic acids is 1. The van der Waals surface area contributed by atoms with E-state index in [1.807, 2.05) is 30.3 Å². The lowest BCUT2D eigenvalue weighted by molar-refractivity contribution is -0.151. The average molecular weight is 355 g/mol. The SMILES string of the molecule is O=C(O[C@H]1CCOC1)[C@H](Cc1ccc(O)cc1)NCCc1ccccc1. The second kappa shape index (κ2) is 9.36. The monoisotopic (exact) mass is 355 g/mol. The molecule has 1 fully saturated rings. The highest BCUT2D eigenvalue weighted by molar-refractivity contribution is 5.76. The summed E-state index contributed by atoms with van der Waals surface area (Å²) in [6, 6.07) is 16.7. The molecular formula is C21H25NO4. The van der Waals surface area contributed by atoms with Crippen LogP contribution in [-0.4, -0.2) is 43.0 Å². The molecule has 0 aromatic heterocycles. The summed E-state index contributed by atoms with van der Waals surface area (Å²) in [4.78, 5) is 12.6. The summed E-state index contributed by atoms with van der Waals surface area (Å²) in [5.41, 5.74) is 2.19. The fraction of sp³-hybridized carbons (Fsp3) is 0.381. The zero-order chi connectivity index (χ0) is 18.2. The number of aromatic hydroxyl groups is 1. The van der Waals surface area contributed by atoms with Crippen LogP contribution in [0, 0.1) is 0 Å². The molecule has 0 aliphatic carbocycles. The van der Waals surface area contributed by atoms with Gasteiger partial charge in [-0.25, -0.2) is 0 Å². The fourth-order valence-corrected chi connectivity index (χ4v) is 2.99. The highest BCUT2D eigenvalue weighted by Gasteiger charge is 2.26. The van der Waals surface area contributed by atoms with Crippen molar-refractivity contribution in [2.24, 2.45) is 0 Å². The predicted molar refractivity (Wildman–Crippen MR) is 99.1 cm³/mol. The Bertz CT molecular complexity index is 681. The first-order valence-corrected chi connectivity index (χ1v) is 9.04. The van der Waals surface area contributed by atoms with Crippen LogP contribution in [-0.2, 0) is 27.1 Å². The summed E-state index contributed by atoms with van der Waals surface area (Å²) in [7, 11) is 0. The molecule has 2 aromatic carbocycles. The van der Waals surface area contributed by atoms with Gasteiger partial charge in [0.2, 0.25) is 0 Å². The number of rotatable bonds is 8. The first-order valence-electron chi connectivity index (χ1n) is 9.04. The molecule has 0 unspecified atom stereocenters. The molecule has 1 heterocycles. The van der Waals surface area contributed by atoms with E-state index >= 15 is 0 Å². The van der Waals surface area contributed by atoms with Crippen molar-refractivity contribution in [3.8, 4) is 5.75 Å². The van der Waals surface area contributed by atoms with Gasteiger partial charge in [0.05, 0.1) is 13.2 Å². The average Bonchev–Trinajstić information content (AvgIpc) is 3.16. The molecule has 1 aliphatic heterocycles. The van der Waals surface area contributed by atoms with E-state index in [0.717, 1.165) is 18.4 Å². The first kappa shape index (κ1) is 18.4. The van der Waals surface area contributed by atoms with E-state index in [4.69, 9.17) is 9.47 Å². The lowest BCUT2D eigenvalue weighted by Gasteiger charge is -2.20. The number of nitrogens with one attached hydrogen (secondary N) is 1. The van der Waals surface area contributed by atoms with Gasteiger partial charge in [0, 0.05) is 6.42 Å². The minimum atomic E-state index is -0.427. The van der Waals surface area contributed by atoms with Gasteiger partial charge >= 0.3 is 5.97 Å². The fourth-order valence-electron chi connectivity index (χ4n) is 2.99. The number of phenolic OH excluding ortho intramolecular Hbond substituents is 1. The van der Waals surface area contributed by atoms with Gasteiger partial charge < -0.3 is 19.9 Å². The number of hydrogen-bond acceptors (Lipinski definition) is 5. The molecule has 0 bridgehead atoms. The van der Waals surface area contributed by atoms with Crippen LogP contribution in [0.5, 0.6) is 5.75 Å². The lowest BCUT2D eigenvalue weighted by atomic mass is 10.0. The molecule has 2 N–H and O–H groups in total. The van der Waals surface area contributed by atoms with Crippen LogP contribution in [0.2, 0.25) is 0 Å². The van der Waals surface area contributed by atoms with Crippen LogP contribution in [0.1, 0.15) is 17.5 Å². The van der Waals surface area contributed by atoms with Crippen molar-refractivity contribution in [1.82, 2.24) is 5.32 Å². The van der Waals surface area contributed by atoms with E-state index in [1.54, 1.807) is 12.1 Å². The highest BCUT2D eigenvalue weighted by Crippen LogP contribution is 2.14. The molecular weight excluding hydrogens is 330 g/mol. The maximum Gasteiger partial charge on any atom is 0.323 e. The number of esters is 1. The molecule has 5 heteroatoms. The molecule has 0 amide bonds. The number of hydrogen-bond donors (Lipinski definition) is 2. The Labute approximate surface area is 153 Å². The predicted octanol–water partition coefficient (Wildman–Crippen LogP) is 2.47. The summed E-state index contributed by atoms with van der Waals surface area (Å²) in [6.07, 6.45) is 1.95. The van der Waals surface area contributed by atoms with Crippen molar-refractivity contribution in [1.29, 1.82) is 0 Å². The number of phenols is 1. The normalized spacial score (nSPS) is 17.8. The van der Waals surface area contributed by atoms with Crippen LogP contribution < -0.4 is 5.32 Å². The van der Waals surface area contributed by atoms with Crippen molar-refractivity contribution in [3.63, 3.8) is 0 Å². The van der Waals surface area contributed by atoms with E-state index in [9.17, 15) is 9.90 Å². The van der Waals surface area contributed by atoms with Crippen LogP contribution >= 0.6 is 0 Å². The molecule has 26 heavy (non-hydrogen) atoms. The number of carbonyl (C=O) groups is 1. The van der Waals surface area contributed by atoms with Crippen LogP contribution in [0.25, 0.3) is 0 Å². The Kier molecular flexibility index (Phi) is 6.63. The largest absolute Gasteiger partial charge is 0.508 e. The molecule has 1 saturated heterocycles. The van der Waals surface area contributed by atoms with Crippen molar-refractivity contribution >= 4 is 5.97 Å². The van der Waals surface area contributed by atoms with Crippen molar-refractivity contribution in [2.45, 2.75) is 31.4 Å². The van der Waals surface area contributed by atoms with E-state index < -0.39 is 6.04 Å². The smallest absolute Gasteiger partial charge is 0.323 e. The molecule has 0 saturated carbocycles. The van der Waals surface area contributed by atoms with Crippen LogP contribution in [0.15, 0.2) is 54.6 Å². The van der Waals surface area contributed by atoms with E-state index in [2.05, 4.69) is 17.4 Å². The molecule has 2 atom stereocenters. The third-order valence-electron chi connectivity index (χ3n) is 4.48. The van der Waals surface area contributed by atoms with Gasteiger partial charge in [-0.15, -0.1) is 0 Å². The summed E-state index contributed by atoms with van der Waals surface area (Å²) < 4.78 is 10.9. The minimum Gasteiger partial charge on any atom is -0.508 e. The molecule has 0 radical (unpaired) electrons.